The summed E-state index contributed by atoms with van der Waals surface area (Å²) in [5.41, 5.74) is 0. The minimum absolute atomic E-state index is 0.154. The van der Waals surface area contributed by atoms with Crippen molar-refractivity contribution >= 4 is 0 Å². The van der Waals surface area contributed by atoms with E-state index in [1.807, 2.05) is 6.92 Å². The molecule has 0 bridgehead atoms. The van der Waals surface area contributed by atoms with Crippen molar-refractivity contribution in [3.05, 3.63) is 0 Å². The highest BCUT2D eigenvalue weighted by Crippen LogP contribution is 2.20. The molecule has 0 aliphatic heterocycles. The van der Waals surface area contributed by atoms with E-state index in [-0.39, 0.29) is 12.2 Å². The van der Waals surface area contributed by atoms with Gasteiger partial charge in [-0.05, 0) is 32.6 Å². The lowest BCUT2D eigenvalue weighted by Crippen LogP contribution is -2.29. The maximum Gasteiger partial charge on any atom is 0.101 e. The molecule has 1 aliphatic rings. The van der Waals surface area contributed by atoms with E-state index in [0.717, 1.165) is 25.7 Å². The Morgan fingerprint density at radius 1 is 1.20 bits per heavy atom. The van der Waals surface area contributed by atoms with Gasteiger partial charge < -0.3 is 19.7 Å². The zero-order valence-electron chi connectivity index (χ0n) is 9.39. The third kappa shape index (κ3) is 5.47. The fourth-order valence-electron chi connectivity index (χ4n) is 1.76. The van der Waals surface area contributed by atoms with Gasteiger partial charge in [0, 0.05) is 6.61 Å². The molecule has 1 unspecified atom stereocenters. The Kier molecular flexibility index (Phi) is 6.17. The minimum Gasteiger partial charge on any atom is -0.393 e. The van der Waals surface area contributed by atoms with E-state index in [9.17, 15) is 10.2 Å². The quantitative estimate of drug-likeness (QED) is 0.689. The van der Waals surface area contributed by atoms with Crippen molar-refractivity contribution in [1.82, 2.24) is 0 Å². The number of rotatable bonds is 6. The molecule has 15 heavy (non-hydrogen) atoms. The van der Waals surface area contributed by atoms with Crippen LogP contribution in [0.15, 0.2) is 0 Å². The second-order valence-electron chi connectivity index (χ2n) is 4.08. The Morgan fingerprint density at radius 2 is 1.87 bits per heavy atom. The predicted octanol–water partition coefficient (Wildman–Crippen LogP) is 0.704. The normalized spacial score (nSPS) is 29.0. The van der Waals surface area contributed by atoms with E-state index in [1.54, 1.807) is 0 Å². The number of ether oxygens (including phenoxy) is 2. The highest BCUT2D eigenvalue weighted by atomic mass is 16.5. The van der Waals surface area contributed by atoms with Gasteiger partial charge in [0.05, 0.1) is 25.4 Å². The minimum atomic E-state index is -0.531. The first-order valence-electron chi connectivity index (χ1n) is 5.77. The molecule has 0 aromatic heterocycles. The van der Waals surface area contributed by atoms with Crippen LogP contribution in [0.2, 0.25) is 0 Å². The van der Waals surface area contributed by atoms with E-state index in [2.05, 4.69) is 0 Å². The van der Waals surface area contributed by atoms with Crippen molar-refractivity contribution in [1.29, 1.82) is 0 Å². The summed E-state index contributed by atoms with van der Waals surface area (Å²) < 4.78 is 10.6. The van der Waals surface area contributed by atoms with Crippen LogP contribution in [0.1, 0.15) is 32.6 Å². The average molecular weight is 218 g/mol. The van der Waals surface area contributed by atoms with Gasteiger partial charge in [0.2, 0.25) is 0 Å². The lowest BCUT2D eigenvalue weighted by molar-refractivity contribution is -0.0610. The van der Waals surface area contributed by atoms with Gasteiger partial charge in [0.1, 0.15) is 6.10 Å². The van der Waals surface area contributed by atoms with Gasteiger partial charge in [-0.25, -0.2) is 0 Å². The lowest BCUT2D eigenvalue weighted by Gasteiger charge is -2.26. The van der Waals surface area contributed by atoms with Crippen molar-refractivity contribution in [2.75, 3.05) is 19.8 Å². The number of aliphatic hydroxyl groups excluding tert-OH is 2. The highest BCUT2D eigenvalue weighted by Gasteiger charge is 2.20. The van der Waals surface area contributed by atoms with Gasteiger partial charge >= 0.3 is 0 Å². The first-order chi connectivity index (χ1) is 7.22. The molecule has 1 aliphatic carbocycles. The fourth-order valence-corrected chi connectivity index (χ4v) is 1.76. The molecule has 1 fully saturated rings. The van der Waals surface area contributed by atoms with E-state index in [0.29, 0.717) is 19.8 Å². The maximum atomic E-state index is 9.46. The summed E-state index contributed by atoms with van der Waals surface area (Å²) in [5.74, 6) is 0. The summed E-state index contributed by atoms with van der Waals surface area (Å²) in [4.78, 5) is 0. The van der Waals surface area contributed by atoms with E-state index in [1.165, 1.54) is 0 Å². The van der Waals surface area contributed by atoms with Crippen molar-refractivity contribution in [3.8, 4) is 0 Å². The summed E-state index contributed by atoms with van der Waals surface area (Å²) in [6.45, 7) is 3.19. The summed E-state index contributed by atoms with van der Waals surface area (Å²) >= 11 is 0. The molecule has 90 valence electrons. The summed E-state index contributed by atoms with van der Waals surface area (Å²) in [7, 11) is 0. The van der Waals surface area contributed by atoms with Crippen LogP contribution >= 0.6 is 0 Å². The van der Waals surface area contributed by atoms with Crippen molar-refractivity contribution in [3.63, 3.8) is 0 Å². The van der Waals surface area contributed by atoms with Crippen molar-refractivity contribution < 1.29 is 19.7 Å². The van der Waals surface area contributed by atoms with Crippen LogP contribution in [0.5, 0.6) is 0 Å². The molecule has 0 saturated heterocycles. The second kappa shape index (κ2) is 7.17. The average Bonchev–Trinajstić information content (AvgIpc) is 2.25. The molecule has 1 saturated carbocycles. The Bertz CT molecular complexity index is 155. The molecule has 4 nitrogen and oxygen atoms in total. The topological polar surface area (TPSA) is 58.9 Å². The Labute approximate surface area is 91.2 Å². The van der Waals surface area contributed by atoms with Crippen LogP contribution in [-0.4, -0.2) is 48.3 Å². The zero-order valence-corrected chi connectivity index (χ0v) is 9.39. The van der Waals surface area contributed by atoms with Gasteiger partial charge in [-0.2, -0.15) is 0 Å². The van der Waals surface area contributed by atoms with E-state index in [4.69, 9.17) is 9.47 Å². The first-order valence-corrected chi connectivity index (χ1v) is 5.77. The molecule has 0 aromatic carbocycles. The fraction of sp³-hybridized carbons (Fsp3) is 1.00. The zero-order chi connectivity index (χ0) is 11.1. The molecule has 4 heteroatoms. The van der Waals surface area contributed by atoms with Crippen LogP contribution in [0.25, 0.3) is 0 Å². The SMILES string of the molecule is CCOCC(O)COC1CCC(O)CC1. The smallest absolute Gasteiger partial charge is 0.101 e. The molecule has 0 radical (unpaired) electrons. The predicted molar refractivity (Wildman–Crippen MR) is 56.7 cm³/mol. The third-order valence-electron chi connectivity index (χ3n) is 2.68. The van der Waals surface area contributed by atoms with Gasteiger partial charge in [-0.15, -0.1) is 0 Å². The van der Waals surface area contributed by atoms with Gasteiger partial charge in [-0.1, -0.05) is 0 Å². The molecule has 1 rings (SSSR count). The Morgan fingerprint density at radius 3 is 2.47 bits per heavy atom. The molecular weight excluding hydrogens is 196 g/mol. The van der Waals surface area contributed by atoms with Crippen LogP contribution in [-0.2, 0) is 9.47 Å². The van der Waals surface area contributed by atoms with Gasteiger partial charge in [0.25, 0.3) is 0 Å². The Hall–Kier alpha value is -0.160. The molecule has 0 spiro atoms. The molecular formula is C11H22O4. The monoisotopic (exact) mass is 218 g/mol. The third-order valence-corrected chi connectivity index (χ3v) is 2.68. The number of aliphatic hydroxyl groups is 2. The van der Waals surface area contributed by atoms with Crippen LogP contribution in [0, 0.1) is 0 Å². The lowest BCUT2D eigenvalue weighted by atomic mass is 9.95. The maximum absolute atomic E-state index is 9.46. The van der Waals surface area contributed by atoms with E-state index < -0.39 is 6.10 Å². The molecule has 0 heterocycles. The number of hydrogen-bond donors (Lipinski definition) is 2. The Balaban J connectivity index is 2.04. The van der Waals surface area contributed by atoms with Crippen molar-refractivity contribution in [2.24, 2.45) is 0 Å². The summed E-state index contributed by atoms with van der Waals surface area (Å²) in [6.07, 6.45) is 2.92. The largest absolute Gasteiger partial charge is 0.393 e. The molecule has 2 N–H and O–H groups in total. The summed E-state index contributed by atoms with van der Waals surface area (Å²) in [6, 6.07) is 0. The second-order valence-corrected chi connectivity index (χ2v) is 4.08. The summed E-state index contributed by atoms with van der Waals surface area (Å²) in [5, 5.41) is 18.8. The standard InChI is InChI=1S/C11H22O4/c1-2-14-7-10(13)8-15-11-5-3-9(12)4-6-11/h9-13H,2-8H2,1H3. The molecule has 1 atom stereocenters. The number of hydrogen-bond acceptors (Lipinski definition) is 4. The van der Waals surface area contributed by atoms with Gasteiger partial charge in [0.15, 0.2) is 0 Å². The van der Waals surface area contributed by atoms with Gasteiger partial charge in [-0.3, -0.25) is 0 Å². The first kappa shape index (κ1) is 12.9. The van der Waals surface area contributed by atoms with Crippen LogP contribution in [0.3, 0.4) is 0 Å². The molecule has 0 aromatic rings. The highest BCUT2D eigenvalue weighted by molar-refractivity contribution is 4.72. The van der Waals surface area contributed by atoms with Crippen LogP contribution in [0.4, 0.5) is 0 Å². The van der Waals surface area contributed by atoms with Crippen LogP contribution < -0.4 is 0 Å². The molecule has 0 amide bonds. The van der Waals surface area contributed by atoms with E-state index >= 15 is 0 Å². The van der Waals surface area contributed by atoms with Crippen molar-refractivity contribution in [2.45, 2.75) is 50.9 Å².